The Kier molecular flexibility index (Phi) is 7.21. The largest absolute Gasteiger partial charge is 0.361 e. The van der Waals surface area contributed by atoms with Crippen molar-refractivity contribution >= 4 is 33.4 Å². The molecule has 1 saturated heterocycles. The fourth-order valence-electron chi connectivity index (χ4n) is 3.84. The van der Waals surface area contributed by atoms with Crippen LogP contribution in [0.15, 0.2) is 68.9 Å². The van der Waals surface area contributed by atoms with Gasteiger partial charge in [-0.15, -0.1) is 11.8 Å². The Hall–Kier alpha value is -2.62. The second kappa shape index (κ2) is 10.1. The maximum atomic E-state index is 12.9. The van der Waals surface area contributed by atoms with Gasteiger partial charge in [0.15, 0.2) is 0 Å². The smallest absolute Gasteiger partial charge is 0.256 e. The van der Waals surface area contributed by atoms with Gasteiger partial charge in [0.05, 0.1) is 16.2 Å². The number of hydrogen-bond acceptors (Lipinski definition) is 6. The van der Waals surface area contributed by atoms with Gasteiger partial charge in [0.25, 0.3) is 5.91 Å². The number of aromatic nitrogens is 1. The van der Waals surface area contributed by atoms with E-state index in [1.807, 2.05) is 31.2 Å². The SMILES string of the molecule is Cc1cc(CSc2ccccc2C(=O)Nc2ccc(S(=O)(=O)N3CCCC(C)C3)cc2)no1. The van der Waals surface area contributed by atoms with E-state index in [9.17, 15) is 13.2 Å². The lowest BCUT2D eigenvalue weighted by Crippen LogP contribution is -2.39. The molecule has 0 bridgehead atoms. The van der Waals surface area contributed by atoms with Gasteiger partial charge in [-0.2, -0.15) is 4.31 Å². The van der Waals surface area contributed by atoms with Crippen molar-refractivity contribution < 1.29 is 17.7 Å². The van der Waals surface area contributed by atoms with Crippen molar-refractivity contribution in [3.63, 3.8) is 0 Å². The molecule has 1 unspecified atom stereocenters. The first kappa shape index (κ1) is 23.5. The third kappa shape index (κ3) is 5.66. The quantitative estimate of drug-likeness (QED) is 0.476. The van der Waals surface area contributed by atoms with Gasteiger partial charge in [0.2, 0.25) is 10.0 Å². The number of hydrogen-bond donors (Lipinski definition) is 1. The summed E-state index contributed by atoms with van der Waals surface area (Å²) in [5.74, 6) is 1.44. The van der Waals surface area contributed by atoms with Crippen molar-refractivity contribution in [2.45, 2.75) is 42.2 Å². The van der Waals surface area contributed by atoms with Crippen molar-refractivity contribution in [3.05, 3.63) is 71.6 Å². The van der Waals surface area contributed by atoms with Crippen molar-refractivity contribution in [1.29, 1.82) is 0 Å². The van der Waals surface area contributed by atoms with E-state index in [4.69, 9.17) is 4.52 Å². The minimum Gasteiger partial charge on any atom is -0.361 e. The fraction of sp³-hybridized carbons (Fsp3) is 0.333. The number of benzene rings is 2. The van der Waals surface area contributed by atoms with Crippen molar-refractivity contribution in [3.8, 4) is 0 Å². The van der Waals surface area contributed by atoms with Gasteiger partial charge in [-0.25, -0.2) is 8.42 Å². The highest BCUT2D eigenvalue weighted by Crippen LogP contribution is 2.28. The van der Waals surface area contributed by atoms with Crippen molar-refractivity contribution in [2.24, 2.45) is 5.92 Å². The zero-order chi connectivity index (χ0) is 23.4. The molecular weight excluding hydrogens is 458 g/mol. The van der Waals surface area contributed by atoms with E-state index in [1.54, 1.807) is 34.6 Å². The number of aryl methyl sites for hydroxylation is 1. The summed E-state index contributed by atoms with van der Waals surface area (Å²) < 4.78 is 32.5. The Bertz CT molecular complexity index is 1220. The number of carbonyl (C=O) groups is 1. The predicted octanol–water partition coefficient (Wildman–Crippen LogP) is 4.95. The Morgan fingerprint density at radius 1 is 1.21 bits per heavy atom. The van der Waals surface area contributed by atoms with E-state index < -0.39 is 10.0 Å². The Morgan fingerprint density at radius 2 is 1.97 bits per heavy atom. The summed E-state index contributed by atoms with van der Waals surface area (Å²) in [7, 11) is -3.53. The number of sulfonamides is 1. The molecule has 0 spiro atoms. The summed E-state index contributed by atoms with van der Waals surface area (Å²) in [6.45, 7) is 5.01. The van der Waals surface area contributed by atoms with Gasteiger partial charge >= 0.3 is 0 Å². The first-order valence-electron chi connectivity index (χ1n) is 10.9. The molecule has 4 rings (SSSR count). The molecule has 0 aliphatic carbocycles. The summed E-state index contributed by atoms with van der Waals surface area (Å²) in [5.41, 5.74) is 1.90. The molecule has 2 aromatic carbocycles. The Labute approximate surface area is 198 Å². The first-order chi connectivity index (χ1) is 15.8. The van der Waals surface area contributed by atoms with E-state index in [0.29, 0.717) is 36.0 Å². The molecule has 33 heavy (non-hydrogen) atoms. The number of rotatable bonds is 7. The van der Waals surface area contributed by atoms with Crippen LogP contribution in [-0.2, 0) is 15.8 Å². The van der Waals surface area contributed by atoms with Crippen LogP contribution in [-0.4, -0.2) is 36.9 Å². The fourth-order valence-corrected chi connectivity index (χ4v) is 6.37. The van der Waals surface area contributed by atoms with E-state index in [2.05, 4.69) is 17.4 Å². The Morgan fingerprint density at radius 3 is 2.67 bits per heavy atom. The van der Waals surface area contributed by atoms with Crippen molar-refractivity contribution in [2.75, 3.05) is 18.4 Å². The molecule has 0 saturated carbocycles. The summed E-state index contributed by atoms with van der Waals surface area (Å²) in [4.78, 5) is 14.0. The highest BCUT2D eigenvalue weighted by molar-refractivity contribution is 7.98. The van der Waals surface area contributed by atoms with Gasteiger partial charge in [0, 0.05) is 35.5 Å². The topological polar surface area (TPSA) is 92.5 Å². The molecule has 1 fully saturated rings. The van der Waals surface area contributed by atoms with E-state index in [-0.39, 0.29) is 10.8 Å². The van der Waals surface area contributed by atoms with Crippen LogP contribution in [0.4, 0.5) is 5.69 Å². The monoisotopic (exact) mass is 485 g/mol. The minimum absolute atomic E-state index is 0.244. The Balaban J connectivity index is 1.44. The molecule has 1 aliphatic heterocycles. The van der Waals surface area contributed by atoms with Crippen molar-refractivity contribution in [1.82, 2.24) is 9.46 Å². The molecule has 7 nitrogen and oxygen atoms in total. The molecule has 1 aliphatic rings. The minimum atomic E-state index is -3.53. The van der Waals surface area contributed by atoms with E-state index in [1.165, 1.54) is 11.8 Å². The average molecular weight is 486 g/mol. The molecular formula is C24H27N3O4S2. The van der Waals surface area contributed by atoms with Gasteiger partial charge < -0.3 is 9.84 Å². The highest BCUT2D eigenvalue weighted by atomic mass is 32.2. The lowest BCUT2D eigenvalue weighted by molar-refractivity contribution is 0.102. The summed E-state index contributed by atoms with van der Waals surface area (Å²) in [5, 5.41) is 6.86. The van der Waals surface area contributed by atoms with E-state index >= 15 is 0 Å². The first-order valence-corrected chi connectivity index (χ1v) is 13.3. The van der Waals surface area contributed by atoms with Crippen LogP contribution < -0.4 is 5.32 Å². The number of nitrogens with one attached hydrogen (secondary N) is 1. The molecule has 1 aromatic heterocycles. The van der Waals surface area contributed by atoms with Gasteiger partial charge in [-0.05, 0) is 62.1 Å². The highest BCUT2D eigenvalue weighted by Gasteiger charge is 2.28. The number of piperidine rings is 1. The summed E-state index contributed by atoms with van der Waals surface area (Å²) >= 11 is 1.51. The maximum Gasteiger partial charge on any atom is 0.256 e. The molecule has 174 valence electrons. The number of anilines is 1. The van der Waals surface area contributed by atoms with Crippen LogP contribution in [0.25, 0.3) is 0 Å². The third-order valence-electron chi connectivity index (χ3n) is 5.55. The van der Waals surface area contributed by atoms with Gasteiger partial charge in [-0.1, -0.05) is 24.2 Å². The molecule has 9 heteroatoms. The molecule has 3 aromatic rings. The van der Waals surface area contributed by atoms with Gasteiger partial charge in [-0.3, -0.25) is 4.79 Å². The van der Waals surface area contributed by atoms with Crippen LogP contribution in [0, 0.1) is 12.8 Å². The lowest BCUT2D eigenvalue weighted by Gasteiger charge is -2.30. The number of amides is 1. The van der Waals surface area contributed by atoms with Crippen LogP contribution in [0.2, 0.25) is 0 Å². The average Bonchev–Trinajstić information content (AvgIpc) is 3.23. The van der Waals surface area contributed by atoms with Crippen LogP contribution >= 0.6 is 11.8 Å². The van der Waals surface area contributed by atoms with E-state index in [0.717, 1.165) is 29.2 Å². The molecule has 2 heterocycles. The molecule has 1 amide bonds. The number of thioether (sulfide) groups is 1. The number of nitrogens with zero attached hydrogens (tertiary/aromatic N) is 2. The lowest BCUT2D eigenvalue weighted by atomic mass is 10.0. The van der Waals surface area contributed by atoms with Crippen LogP contribution in [0.5, 0.6) is 0 Å². The maximum absolute atomic E-state index is 12.9. The van der Waals surface area contributed by atoms with Crippen LogP contribution in [0.3, 0.4) is 0 Å². The molecule has 1 N–H and O–H groups in total. The predicted molar refractivity (Wildman–Crippen MR) is 129 cm³/mol. The molecule has 0 radical (unpaired) electrons. The second-order valence-corrected chi connectivity index (χ2v) is 11.3. The number of carbonyl (C=O) groups excluding carboxylic acids is 1. The van der Waals surface area contributed by atoms with Gasteiger partial charge in [0.1, 0.15) is 5.76 Å². The summed E-state index contributed by atoms with van der Waals surface area (Å²) in [6, 6.07) is 15.6. The van der Waals surface area contributed by atoms with Crippen LogP contribution in [0.1, 0.15) is 41.6 Å². The molecule has 1 atom stereocenters. The normalized spacial score (nSPS) is 17.1. The zero-order valence-corrected chi connectivity index (χ0v) is 20.3. The second-order valence-electron chi connectivity index (χ2n) is 8.30. The zero-order valence-electron chi connectivity index (χ0n) is 18.7. The third-order valence-corrected chi connectivity index (χ3v) is 8.54. The summed E-state index contributed by atoms with van der Waals surface area (Å²) in [6.07, 6.45) is 1.93. The standard InChI is InChI=1S/C24H27N3O4S2/c1-17-6-5-13-27(15-17)33(29,30)21-11-9-19(10-12-21)25-24(28)22-7-3-4-8-23(22)32-16-20-14-18(2)31-26-20/h3-4,7-12,14,17H,5-6,13,15-16H2,1-2H3,(H,25,28).